The first kappa shape index (κ1) is 16.5. The van der Waals surface area contributed by atoms with Crippen LogP contribution in [0.1, 0.15) is 19.2 Å². The summed E-state index contributed by atoms with van der Waals surface area (Å²) in [4.78, 5) is 9.29. The Morgan fingerprint density at radius 2 is 2.05 bits per heavy atom. The molecule has 0 bridgehead atoms. The monoisotopic (exact) mass is 292 g/mol. The Labute approximate surface area is 116 Å². The Hall–Kier alpha value is -1.57. The van der Waals surface area contributed by atoms with Crippen molar-refractivity contribution in [3.63, 3.8) is 0 Å². The van der Waals surface area contributed by atoms with Gasteiger partial charge in [-0.1, -0.05) is 6.92 Å². The van der Waals surface area contributed by atoms with Crippen LogP contribution in [0.2, 0.25) is 0 Å². The quantitative estimate of drug-likeness (QED) is 0.836. The molecule has 0 aliphatic carbocycles. The van der Waals surface area contributed by atoms with Crippen LogP contribution in [-0.4, -0.2) is 43.4 Å². The Balaban J connectivity index is 2.95. The van der Waals surface area contributed by atoms with E-state index in [9.17, 15) is 13.2 Å². The van der Waals surface area contributed by atoms with Crippen LogP contribution in [0.4, 0.5) is 24.8 Å². The van der Waals surface area contributed by atoms with Crippen LogP contribution in [0.15, 0.2) is 6.07 Å². The van der Waals surface area contributed by atoms with E-state index >= 15 is 0 Å². The number of nitrogens with zero attached hydrogens (tertiary/aromatic N) is 3. The summed E-state index contributed by atoms with van der Waals surface area (Å²) in [5.41, 5.74) is 0. The van der Waals surface area contributed by atoms with Gasteiger partial charge in [-0.15, -0.1) is 0 Å². The Morgan fingerprint density at radius 3 is 2.60 bits per heavy atom. The number of hydrogen-bond donors (Lipinski definition) is 1. The van der Waals surface area contributed by atoms with E-state index in [0.29, 0.717) is 18.2 Å². The molecule has 0 unspecified atom stereocenters. The molecule has 1 aromatic rings. The van der Waals surface area contributed by atoms with E-state index < -0.39 is 12.7 Å². The Kier molecular flexibility index (Phi) is 6.00. The molecule has 1 aromatic heterocycles. The lowest BCUT2D eigenvalue weighted by Gasteiger charge is -2.21. The zero-order valence-corrected chi connectivity index (χ0v) is 11.8. The zero-order valence-electron chi connectivity index (χ0n) is 11.8. The molecule has 1 N–H and O–H groups in total. The molecule has 0 radical (unpaired) electrons. The van der Waals surface area contributed by atoms with Crippen LogP contribution >= 0.6 is 0 Å². The third kappa shape index (κ3) is 5.60. The number of halogens is 3. The van der Waals surface area contributed by atoms with Crippen LogP contribution in [-0.2, 0) is 11.3 Å². The Morgan fingerprint density at radius 1 is 1.35 bits per heavy atom. The molecule has 0 amide bonds. The van der Waals surface area contributed by atoms with Crippen molar-refractivity contribution < 1.29 is 17.9 Å². The van der Waals surface area contributed by atoms with Crippen molar-refractivity contribution >= 4 is 11.6 Å². The van der Waals surface area contributed by atoms with Crippen molar-refractivity contribution in [1.29, 1.82) is 0 Å². The minimum atomic E-state index is -4.28. The van der Waals surface area contributed by atoms with Gasteiger partial charge in [-0.05, 0) is 6.42 Å². The molecule has 0 saturated heterocycles. The molecule has 0 aromatic carbocycles. The normalized spacial score (nSPS) is 11.5. The van der Waals surface area contributed by atoms with Gasteiger partial charge < -0.3 is 15.0 Å². The summed E-state index contributed by atoms with van der Waals surface area (Å²) in [6.45, 7) is 1.75. The van der Waals surface area contributed by atoms with Crippen LogP contribution in [0.3, 0.4) is 0 Å². The second kappa shape index (κ2) is 7.28. The number of aromatic nitrogens is 2. The van der Waals surface area contributed by atoms with Crippen molar-refractivity contribution in [2.45, 2.75) is 26.1 Å². The first-order valence-corrected chi connectivity index (χ1v) is 6.24. The molecule has 1 heterocycles. The van der Waals surface area contributed by atoms with Gasteiger partial charge in [-0.25, -0.2) is 9.97 Å². The molecule has 0 aliphatic rings. The average Bonchev–Trinajstić information content (AvgIpc) is 2.34. The number of alkyl halides is 3. The van der Waals surface area contributed by atoms with Gasteiger partial charge >= 0.3 is 6.18 Å². The zero-order chi connectivity index (χ0) is 15.2. The van der Waals surface area contributed by atoms with Gasteiger partial charge in [0.15, 0.2) is 5.82 Å². The minimum Gasteiger partial charge on any atom is -0.377 e. The van der Waals surface area contributed by atoms with Crippen molar-refractivity contribution in [1.82, 2.24) is 9.97 Å². The second-order valence-electron chi connectivity index (χ2n) is 4.36. The number of rotatable bonds is 7. The molecule has 5 nitrogen and oxygen atoms in total. The summed E-state index contributed by atoms with van der Waals surface area (Å²) in [5.74, 6) is 1.05. The molecule has 20 heavy (non-hydrogen) atoms. The number of ether oxygens (including phenoxy) is 1. The number of hydrogen-bond acceptors (Lipinski definition) is 5. The summed E-state index contributed by atoms with van der Waals surface area (Å²) in [5, 5.41) is 3.04. The second-order valence-corrected chi connectivity index (χ2v) is 4.36. The molecule has 0 atom stereocenters. The van der Waals surface area contributed by atoms with E-state index in [1.807, 2.05) is 6.92 Å². The predicted octanol–water partition coefficient (Wildman–Crippen LogP) is 2.44. The highest BCUT2D eigenvalue weighted by atomic mass is 19.4. The van der Waals surface area contributed by atoms with Gasteiger partial charge in [0, 0.05) is 26.8 Å². The number of nitrogens with one attached hydrogen (secondary N) is 1. The first-order valence-electron chi connectivity index (χ1n) is 6.24. The summed E-state index contributed by atoms with van der Waals surface area (Å²) >= 11 is 0. The molecular weight excluding hydrogens is 273 g/mol. The van der Waals surface area contributed by atoms with E-state index in [1.165, 1.54) is 20.2 Å². The average molecular weight is 292 g/mol. The fraction of sp³-hybridized carbons (Fsp3) is 0.667. The van der Waals surface area contributed by atoms with Gasteiger partial charge in [0.25, 0.3) is 0 Å². The Bertz CT molecular complexity index is 426. The van der Waals surface area contributed by atoms with E-state index in [1.54, 1.807) is 0 Å². The van der Waals surface area contributed by atoms with Gasteiger partial charge in [0.1, 0.15) is 24.8 Å². The molecule has 8 heteroatoms. The van der Waals surface area contributed by atoms with Crippen LogP contribution in [0.5, 0.6) is 0 Å². The van der Waals surface area contributed by atoms with Crippen LogP contribution in [0, 0.1) is 0 Å². The molecule has 0 fully saturated rings. The highest BCUT2D eigenvalue weighted by Crippen LogP contribution is 2.21. The van der Waals surface area contributed by atoms with E-state index in [4.69, 9.17) is 4.74 Å². The van der Waals surface area contributed by atoms with Crippen molar-refractivity contribution in [2.75, 3.05) is 37.5 Å². The molecule has 114 valence electrons. The fourth-order valence-corrected chi connectivity index (χ4v) is 1.57. The summed E-state index contributed by atoms with van der Waals surface area (Å²) in [6.07, 6.45) is -3.39. The SMILES string of the molecule is CCCNc1cc(N(C)CC(F)(F)F)nc(COC)n1. The van der Waals surface area contributed by atoms with Crippen molar-refractivity contribution in [3.8, 4) is 0 Å². The fourth-order valence-electron chi connectivity index (χ4n) is 1.57. The number of methoxy groups -OCH3 is 1. The summed E-state index contributed by atoms with van der Waals surface area (Å²) in [6, 6.07) is 1.50. The molecule has 1 rings (SSSR count). The maximum atomic E-state index is 12.4. The molecule has 0 saturated carbocycles. The number of anilines is 2. The molecular formula is C12H19F3N4O. The first-order chi connectivity index (χ1) is 9.35. The lowest BCUT2D eigenvalue weighted by Crippen LogP contribution is -2.31. The minimum absolute atomic E-state index is 0.147. The van der Waals surface area contributed by atoms with Gasteiger partial charge in [0.05, 0.1) is 0 Å². The molecule has 0 spiro atoms. The highest BCUT2D eigenvalue weighted by molar-refractivity contribution is 5.49. The van der Waals surface area contributed by atoms with Crippen LogP contribution in [0.25, 0.3) is 0 Å². The van der Waals surface area contributed by atoms with Crippen LogP contribution < -0.4 is 10.2 Å². The maximum absolute atomic E-state index is 12.4. The van der Waals surface area contributed by atoms with Gasteiger partial charge in [0.2, 0.25) is 0 Å². The maximum Gasteiger partial charge on any atom is 0.405 e. The smallest absolute Gasteiger partial charge is 0.377 e. The third-order valence-electron chi connectivity index (χ3n) is 2.40. The summed E-state index contributed by atoms with van der Waals surface area (Å²) in [7, 11) is 2.82. The highest BCUT2D eigenvalue weighted by Gasteiger charge is 2.30. The van der Waals surface area contributed by atoms with E-state index in [2.05, 4.69) is 15.3 Å². The lowest BCUT2D eigenvalue weighted by atomic mass is 10.4. The topological polar surface area (TPSA) is 50.3 Å². The van der Waals surface area contributed by atoms with Crippen molar-refractivity contribution in [3.05, 3.63) is 11.9 Å². The van der Waals surface area contributed by atoms with Gasteiger partial charge in [-0.3, -0.25) is 0 Å². The largest absolute Gasteiger partial charge is 0.405 e. The third-order valence-corrected chi connectivity index (χ3v) is 2.40. The predicted molar refractivity (Wildman–Crippen MR) is 70.9 cm³/mol. The lowest BCUT2D eigenvalue weighted by molar-refractivity contribution is -0.119. The standard InChI is InChI=1S/C12H19F3N4O/c1-4-5-16-9-6-11(18-10(17-9)7-20-3)19(2)8-12(13,14)15/h6H,4-5,7-8H2,1-3H3,(H,16,17,18). The summed E-state index contributed by atoms with van der Waals surface area (Å²) < 4.78 is 42.2. The van der Waals surface area contributed by atoms with Gasteiger partial charge in [-0.2, -0.15) is 13.2 Å². The van der Waals surface area contributed by atoms with E-state index in [-0.39, 0.29) is 12.4 Å². The molecule has 0 aliphatic heterocycles. The van der Waals surface area contributed by atoms with E-state index in [0.717, 1.165) is 11.3 Å². The van der Waals surface area contributed by atoms with Crippen molar-refractivity contribution in [2.24, 2.45) is 0 Å².